The number of nitrogens with zero attached hydrogens (tertiary/aromatic N) is 1. The Hall–Kier alpha value is -3.35. The molecular formula is C27H36N4O3. The van der Waals surface area contributed by atoms with Crippen molar-refractivity contribution in [1.29, 1.82) is 5.41 Å². The van der Waals surface area contributed by atoms with E-state index in [4.69, 9.17) is 10.1 Å². The van der Waals surface area contributed by atoms with Gasteiger partial charge in [-0.25, -0.2) is 0 Å². The first-order valence-electron chi connectivity index (χ1n) is 12.0. The van der Waals surface area contributed by atoms with E-state index in [1.165, 1.54) is 4.90 Å². The van der Waals surface area contributed by atoms with Crippen molar-refractivity contribution in [2.24, 2.45) is 5.92 Å². The van der Waals surface area contributed by atoms with Gasteiger partial charge in [-0.1, -0.05) is 51.5 Å². The Morgan fingerprint density at radius 2 is 1.88 bits per heavy atom. The number of amides is 2. The van der Waals surface area contributed by atoms with Crippen LogP contribution < -0.4 is 15.4 Å². The van der Waals surface area contributed by atoms with E-state index in [0.29, 0.717) is 37.6 Å². The van der Waals surface area contributed by atoms with Crippen LogP contribution in [0.4, 0.5) is 0 Å². The third kappa shape index (κ3) is 6.37. The zero-order valence-corrected chi connectivity index (χ0v) is 20.6. The molecule has 182 valence electrons. The standard InChI is InChI=1S/C27H36N4O3/c1-5-6-14-34-23-12-10-22(11-13-23)24(32)29-17-20-8-7-9-21(15-20)18-31-25(33)27(4,16-19(2)3)30-26(31)28/h7-13,15,19H,5-6,14,16-18H2,1-4H3,(H2,28,30)(H,29,32). The van der Waals surface area contributed by atoms with E-state index in [0.717, 1.165) is 29.7 Å². The molecule has 1 fully saturated rings. The molecule has 1 aliphatic rings. The second-order valence-electron chi connectivity index (χ2n) is 9.52. The summed E-state index contributed by atoms with van der Waals surface area (Å²) in [7, 11) is 0. The van der Waals surface area contributed by atoms with Crippen LogP contribution in [0.2, 0.25) is 0 Å². The molecule has 3 rings (SSSR count). The predicted octanol–water partition coefficient (Wildman–Crippen LogP) is 4.47. The van der Waals surface area contributed by atoms with Gasteiger partial charge in [-0.3, -0.25) is 19.9 Å². The zero-order valence-electron chi connectivity index (χ0n) is 20.6. The molecule has 1 aliphatic heterocycles. The predicted molar refractivity (Wildman–Crippen MR) is 134 cm³/mol. The molecule has 1 atom stereocenters. The molecule has 1 unspecified atom stereocenters. The van der Waals surface area contributed by atoms with Gasteiger partial charge in [0.2, 0.25) is 0 Å². The lowest BCUT2D eigenvalue weighted by Crippen LogP contribution is -2.44. The molecule has 0 aromatic heterocycles. The largest absolute Gasteiger partial charge is 0.494 e. The molecule has 0 aliphatic carbocycles. The highest BCUT2D eigenvalue weighted by atomic mass is 16.5. The Labute approximate surface area is 202 Å². The van der Waals surface area contributed by atoms with Gasteiger partial charge in [0.05, 0.1) is 13.2 Å². The number of ether oxygens (including phenoxy) is 1. The number of hydrogen-bond acceptors (Lipinski definition) is 4. The molecule has 2 amide bonds. The van der Waals surface area contributed by atoms with Crippen molar-refractivity contribution in [2.75, 3.05) is 6.61 Å². The van der Waals surface area contributed by atoms with E-state index in [1.807, 2.05) is 43.3 Å². The quantitative estimate of drug-likeness (QED) is 0.428. The lowest BCUT2D eigenvalue weighted by atomic mass is 9.91. The van der Waals surface area contributed by atoms with Crippen molar-refractivity contribution in [3.8, 4) is 5.75 Å². The van der Waals surface area contributed by atoms with E-state index in [9.17, 15) is 9.59 Å². The minimum absolute atomic E-state index is 0.0768. The Morgan fingerprint density at radius 3 is 2.56 bits per heavy atom. The number of nitrogens with one attached hydrogen (secondary N) is 3. The topological polar surface area (TPSA) is 94.5 Å². The normalized spacial score (nSPS) is 17.7. The molecule has 34 heavy (non-hydrogen) atoms. The van der Waals surface area contributed by atoms with Gasteiger partial charge in [0.15, 0.2) is 5.96 Å². The number of guanidine groups is 1. The molecule has 3 N–H and O–H groups in total. The van der Waals surface area contributed by atoms with E-state index in [2.05, 4.69) is 31.4 Å². The van der Waals surface area contributed by atoms with Crippen molar-refractivity contribution >= 4 is 17.8 Å². The fourth-order valence-corrected chi connectivity index (χ4v) is 4.23. The minimum atomic E-state index is -0.743. The van der Waals surface area contributed by atoms with Crippen LogP contribution in [0.25, 0.3) is 0 Å². The molecular weight excluding hydrogens is 428 g/mol. The fraction of sp³-hybridized carbons (Fsp3) is 0.444. The molecule has 7 nitrogen and oxygen atoms in total. The van der Waals surface area contributed by atoms with Gasteiger partial charge in [0.1, 0.15) is 11.3 Å². The molecule has 0 saturated carbocycles. The smallest absolute Gasteiger partial charge is 0.255 e. The van der Waals surface area contributed by atoms with Gasteiger partial charge in [0, 0.05) is 12.1 Å². The fourth-order valence-electron chi connectivity index (χ4n) is 4.23. The van der Waals surface area contributed by atoms with Crippen molar-refractivity contribution in [3.63, 3.8) is 0 Å². The molecule has 7 heteroatoms. The summed E-state index contributed by atoms with van der Waals surface area (Å²) < 4.78 is 5.65. The summed E-state index contributed by atoms with van der Waals surface area (Å²) in [6.07, 6.45) is 2.75. The molecule has 0 spiro atoms. The van der Waals surface area contributed by atoms with Gasteiger partial charge in [-0.15, -0.1) is 0 Å². The average molecular weight is 465 g/mol. The lowest BCUT2D eigenvalue weighted by molar-refractivity contribution is -0.131. The number of benzene rings is 2. The summed E-state index contributed by atoms with van der Waals surface area (Å²) in [5.41, 5.74) is 1.68. The van der Waals surface area contributed by atoms with E-state index < -0.39 is 5.54 Å². The summed E-state index contributed by atoms with van der Waals surface area (Å²) in [6.45, 7) is 9.48. The van der Waals surface area contributed by atoms with E-state index >= 15 is 0 Å². The minimum Gasteiger partial charge on any atom is -0.494 e. The summed E-state index contributed by atoms with van der Waals surface area (Å²) in [5.74, 6) is 1.00. The van der Waals surface area contributed by atoms with E-state index in [-0.39, 0.29) is 17.8 Å². The molecule has 1 heterocycles. The Kier molecular flexibility index (Phi) is 8.31. The van der Waals surface area contributed by atoms with Crippen LogP contribution in [0.1, 0.15) is 68.4 Å². The highest BCUT2D eigenvalue weighted by molar-refractivity contribution is 6.07. The van der Waals surface area contributed by atoms with Crippen LogP contribution in [0, 0.1) is 11.3 Å². The second kappa shape index (κ2) is 11.2. The molecule has 2 aromatic rings. The number of unbranched alkanes of at least 4 members (excludes halogenated alkanes) is 1. The number of hydrogen-bond donors (Lipinski definition) is 3. The summed E-state index contributed by atoms with van der Waals surface area (Å²) in [4.78, 5) is 27.0. The highest BCUT2D eigenvalue weighted by Crippen LogP contribution is 2.26. The summed E-state index contributed by atoms with van der Waals surface area (Å²) in [6, 6.07) is 14.9. The number of carbonyl (C=O) groups is 2. The Balaban J connectivity index is 1.57. The van der Waals surface area contributed by atoms with Crippen LogP contribution in [0.5, 0.6) is 5.75 Å². The monoisotopic (exact) mass is 464 g/mol. The average Bonchev–Trinajstić information content (AvgIpc) is 3.00. The number of rotatable bonds is 11. The van der Waals surface area contributed by atoms with Gasteiger partial charge in [0.25, 0.3) is 11.8 Å². The van der Waals surface area contributed by atoms with Gasteiger partial charge >= 0.3 is 0 Å². The van der Waals surface area contributed by atoms with Crippen molar-refractivity contribution in [3.05, 3.63) is 65.2 Å². The molecule has 2 aromatic carbocycles. The number of carbonyl (C=O) groups excluding carboxylic acids is 2. The molecule has 0 bridgehead atoms. The van der Waals surface area contributed by atoms with Gasteiger partial charge in [-0.05, 0) is 61.1 Å². The van der Waals surface area contributed by atoms with Gasteiger partial charge in [-0.2, -0.15) is 0 Å². The van der Waals surface area contributed by atoms with Crippen LogP contribution >= 0.6 is 0 Å². The first kappa shape index (κ1) is 25.3. The van der Waals surface area contributed by atoms with Gasteiger partial charge < -0.3 is 15.4 Å². The van der Waals surface area contributed by atoms with Crippen LogP contribution in [-0.2, 0) is 17.9 Å². The Bertz CT molecular complexity index is 1020. The maximum atomic E-state index is 13.0. The van der Waals surface area contributed by atoms with Crippen LogP contribution in [0.15, 0.2) is 48.5 Å². The maximum absolute atomic E-state index is 13.0. The second-order valence-corrected chi connectivity index (χ2v) is 9.52. The third-order valence-electron chi connectivity index (χ3n) is 5.87. The summed E-state index contributed by atoms with van der Waals surface area (Å²) >= 11 is 0. The van der Waals surface area contributed by atoms with Crippen molar-refractivity contribution in [2.45, 2.75) is 65.6 Å². The highest BCUT2D eigenvalue weighted by Gasteiger charge is 2.45. The first-order valence-corrected chi connectivity index (χ1v) is 12.0. The van der Waals surface area contributed by atoms with Crippen molar-refractivity contribution < 1.29 is 14.3 Å². The molecule has 1 saturated heterocycles. The van der Waals surface area contributed by atoms with Crippen molar-refractivity contribution in [1.82, 2.24) is 15.5 Å². The van der Waals surface area contributed by atoms with Crippen LogP contribution in [0.3, 0.4) is 0 Å². The lowest BCUT2D eigenvalue weighted by Gasteiger charge is -2.24. The Morgan fingerprint density at radius 1 is 1.18 bits per heavy atom. The zero-order chi connectivity index (χ0) is 24.7. The first-order chi connectivity index (χ1) is 16.2. The third-order valence-corrected chi connectivity index (χ3v) is 5.87. The van der Waals surface area contributed by atoms with Crippen LogP contribution in [-0.4, -0.2) is 34.8 Å². The van der Waals surface area contributed by atoms with E-state index in [1.54, 1.807) is 12.1 Å². The maximum Gasteiger partial charge on any atom is 0.255 e. The molecule has 0 radical (unpaired) electrons. The SMILES string of the molecule is CCCCOc1ccc(C(=O)NCc2cccc(CN3C(=N)NC(C)(CC(C)C)C3=O)c2)cc1. The summed E-state index contributed by atoms with van der Waals surface area (Å²) in [5, 5.41) is 14.3.